The summed E-state index contributed by atoms with van der Waals surface area (Å²) in [6.07, 6.45) is 46.4. The van der Waals surface area contributed by atoms with Crippen molar-refractivity contribution in [3.05, 3.63) is 144 Å². The van der Waals surface area contributed by atoms with E-state index in [4.69, 9.17) is 0 Å². The Morgan fingerprint density at radius 2 is 0.667 bits per heavy atom. The molecule has 0 nitrogen and oxygen atoms in total. The van der Waals surface area contributed by atoms with E-state index >= 15 is 0 Å². The average Bonchev–Trinajstić information content (AvgIpc) is 3.37. The molecule has 0 saturated heterocycles. The van der Waals surface area contributed by atoms with Gasteiger partial charge in [0.15, 0.2) is 0 Å². The van der Waals surface area contributed by atoms with Gasteiger partial charge in [0.2, 0.25) is 0 Å². The van der Waals surface area contributed by atoms with Crippen molar-refractivity contribution in [2.75, 3.05) is 0 Å². The normalized spacial score (nSPS) is 32.8. The SMILES string of the molecule is C/C=C/C1CCC(C2CCC(c3ccc(C)cc3)CC2)CC1.C=CC1CCC(C2CCC(c3ccc(C)cc3)CC2)CC1.C=CCCC1CCC(C2CCC(c3ccc(C)cc3)CC2)CC1. The highest BCUT2D eigenvalue weighted by molar-refractivity contribution is 5.27. The molecule has 6 aliphatic rings. The monoisotopic (exact) mass is 889 g/mol. The predicted octanol–water partition coefficient (Wildman–Crippen LogP) is 20.0. The highest BCUT2D eigenvalue weighted by Crippen LogP contribution is 2.47. The summed E-state index contributed by atoms with van der Waals surface area (Å²) in [5, 5.41) is 0. The Kier molecular flexibility index (Phi) is 20.4. The summed E-state index contributed by atoms with van der Waals surface area (Å²) in [4.78, 5) is 0. The van der Waals surface area contributed by atoms with E-state index in [2.05, 4.69) is 138 Å². The molecule has 360 valence electrons. The minimum Gasteiger partial charge on any atom is -0.103 e. The second-order valence-electron chi connectivity index (χ2n) is 23.3. The van der Waals surface area contributed by atoms with Gasteiger partial charge in [0, 0.05) is 0 Å². The third-order valence-corrected chi connectivity index (χ3v) is 19.1. The minimum atomic E-state index is 0.810. The van der Waals surface area contributed by atoms with Crippen molar-refractivity contribution >= 4 is 0 Å². The van der Waals surface area contributed by atoms with Crippen molar-refractivity contribution < 1.29 is 0 Å². The van der Waals surface area contributed by atoms with Crippen molar-refractivity contribution in [3.8, 4) is 0 Å². The van der Waals surface area contributed by atoms with Crippen LogP contribution < -0.4 is 0 Å². The Labute approximate surface area is 407 Å². The molecule has 6 fully saturated rings. The quantitative estimate of drug-likeness (QED) is 0.168. The molecule has 6 saturated carbocycles. The van der Waals surface area contributed by atoms with Crippen LogP contribution in [0.2, 0.25) is 0 Å². The van der Waals surface area contributed by atoms with Crippen LogP contribution >= 0.6 is 0 Å². The van der Waals surface area contributed by atoms with Crippen LogP contribution in [-0.4, -0.2) is 0 Å². The van der Waals surface area contributed by atoms with Gasteiger partial charge in [-0.15, -0.1) is 13.2 Å². The van der Waals surface area contributed by atoms with E-state index in [0.29, 0.717) is 0 Å². The first-order valence-electron chi connectivity index (χ1n) is 28.3. The first-order valence-corrected chi connectivity index (χ1v) is 28.3. The van der Waals surface area contributed by atoms with Crippen LogP contribution in [0.3, 0.4) is 0 Å². The molecule has 6 aliphatic carbocycles. The maximum atomic E-state index is 3.97. The summed E-state index contributed by atoms with van der Waals surface area (Å²) < 4.78 is 0. The molecule has 0 bridgehead atoms. The maximum Gasteiger partial charge on any atom is -0.0162 e. The Balaban J connectivity index is 0.000000147. The third-order valence-electron chi connectivity index (χ3n) is 19.1. The zero-order valence-corrected chi connectivity index (χ0v) is 43.0. The number of hydrogen-bond acceptors (Lipinski definition) is 0. The van der Waals surface area contributed by atoms with Gasteiger partial charge in [0.25, 0.3) is 0 Å². The van der Waals surface area contributed by atoms with Gasteiger partial charge in [0.05, 0.1) is 0 Å². The van der Waals surface area contributed by atoms with Crippen molar-refractivity contribution in [1.82, 2.24) is 0 Å². The molecule has 0 unspecified atom stereocenters. The lowest BCUT2D eigenvalue weighted by atomic mass is 9.68. The topological polar surface area (TPSA) is 0 Å². The Morgan fingerprint density at radius 3 is 0.955 bits per heavy atom. The molecule has 0 heteroatoms. The van der Waals surface area contributed by atoms with Crippen molar-refractivity contribution in [2.24, 2.45) is 53.3 Å². The lowest BCUT2D eigenvalue weighted by Gasteiger charge is -2.38. The summed E-state index contributed by atoms with van der Waals surface area (Å²) in [7, 11) is 0. The summed E-state index contributed by atoms with van der Waals surface area (Å²) in [6, 6.07) is 27.9. The van der Waals surface area contributed by atoms with E-state index in [1.165, 1.54) is 184 Å². The number of rotatable bonds is 11. The van der Waals surface area contributed by atoms with E-state index in [9.17, 15) is 0 Å². The van der Waals surface area contributed by atoms with Crippen LogP contribution in [0.1, 0.15) is 225 Å². The summed E-state index contributed by atoms with van der Waals surface area (Å²) >= 11 is 0. The first-order chi connectivity index (χ1) is 32.3. The van der Waals surface area contributed by atoms with Gasteiger partial charge < -0.3 is 0 Å². The number of benzene rings is 3. The number of aryl methyl sites for hydroxylation is 3. The van der Waals surface area contributed by atoms with E-state index in [0.717, 1.165) is 71.0 Å². The van der Waals surface area contributed by atoms with Crippen LogP contribution in [0.5, 0.6) is 0 Å². The van der Waals surface area contributed by atoms with E-state index in [-0.39, 0.29) is 0 Å². The molecule has 66 heavy (non-hydrogen) atoms. The predicted molar refractivity (Wildman–Crippen MR) is 288 cm³/mol. The molecule has 3 aromatic carbocycles. The standard InChI is InChI=1S/C23H34.C22H32.C21H30/c1-3-4-5-19-8-12-21(13-9-19)23-16-14-22(15-17-23)20-10-6-18(2)7-11-20;1-3-4-18-7-11-20(12-8-18)22-15-13-21(14-16-22)19-9-5-17(2)6-10-19;1-3-17-6-10-19(11-7-17)21-14-12-20(13-15-21)18-8-4-16(2)5-9-18/h3,6-7,10-11,19,21-23H,1,4-5,8-9,12-17H2,2H3;3-6,9-10,18,20-22H,7-8,11-16H2,1-2H3;3-5,8-9,17,19-21H,1,6-7,10-15H2,2H3/b;4-3+;. The summed E-state index contributed by atoms with van der Waals surface area (Å²) in [6.45, 7) is 16.6. The molecule has 3 aromatic rings. The Hall–Kier alpha value is -3.12. The van der Waals surface area contributed by atoms with Crippen LogP contribution in [0, 0.1) is 74.0 Å². The van der Waals surface area contributed by atoms with Gasteiger partial charge in [-0.2, -0.15) is 0 Å². The fourth-order valence-electron chi connectivity index (χ4n) is 14.5. The van der Waals surface area contributed by atoms with Crippen LogP contribution in [0.4, 0.5) is 0 Å². The van der Waals surface area contributed by atoms with Crippen LogP contribution in [-0.2, 0) is 0 Å². The molecular weight excluding hydrogens is 793 g/mol. The molecule has 0 heterocycles. The number of hydrogen-bond donors (Lipinski definition) is 0. The highest BCUT2D eigenvalue weighted by Gasteiger charge is 2.33. The molecule has 0 aromatic heterocycles. The van der Waals surface area contributed by atoms with Crippen molar-refractivity contribution in [2.45, 2.75) is 212 Å². The Morgan fingerprint density at radius 1 is 0.379 bits per heavy atom. The number of allylic oxidation sites excluding steroid dienone is 4. The fourth-order valence-corrected chi connectivity index (χ4v) is 14.5. The minimum absolute atomic E-state index is 0.810. The van der Waals surface area contributed by atoms with Crippen LogP contribution in [0.15, 0.2) is 110 Å². The molecule has 0 spiro atoms. The largest absolute Gasteiger partial charge is 0.103 e. The second-order valence-corrected chi connectivity index (χ2v) is 23.3. The zero-order valence-electron chi connectivity index (χ0n) is 43.0. The lowest BCUT2D eigenvalue weighted by Crippen LogP contribution is -2.25. The van der Waals surface area contributed by atoms with Crippen molar-refractivity contribution in [3.63, 3.8) is 0 Å². The summed E-state index contributed by atoms with van der Waals surface area (Å²) in [5.41, 5.74) is 8.90. The Bertz CT molecular complexity index is 1810. The first kappa shape index (κ1) is 50.7. The molecule has 0 aliphatic heterocycles. The van der Waals surface area contributed by atoms with Gasteiger partial charge in [0.1, 0.15) is 0 Å². The molecule has 0 atom stereocenters. The molecule has 0 N–H and O–H groups in total. The van der Waals surface area contributed by atoms with Gasteiger partial charge >= 0.3 is 0 Å². The summed E-state index contributed by atoms with van der Waals surface area (Å²) in [5.74, 6) is 11.3. The third kappa shape index (κ3) is 15.2. The van der Waals surface area contributed by atoms with E-state index in [1.54, 1.807) is 16.7 Å². The average molecular weight is 889 g/mol. The lowest BCUT2D eigenvalue weighted by molar-refractivity contribution is 0.157. The smallest absolute Gasteiger partial charge is 0.0162 e. The van der Waals surface area contributed by atoms with Gasteiger partial charge in [-0.25, -0.2) is 0 Å². The molecular formula is C66H96. The van der Waals surface area contributed by atoms with E-state index < -0.39 is 0 Å². The second kappa shape index (κ2) is 26.6. The highest BCUT2D eigenvalue weighted by atomic mass is 14.4. The maximum absolute atomic E-state index is 3.97. The fraction of sp³-hybridized carbons (Fsp3) is 0.636. The van der Waals surface area contributed by atoms with Crippen molar-refractivity contribution in [1.29, 1.82) is 0 Å². The van der Waals surface area contributed by atoms with Gasteiger partial charge in [-0.05, 0) is 269 Å². The zero-order chi connectivity index (χ0) is 46.1. The molecule has 0 amide bonds. The van der Waals surface area contributed by atoms with E-state index in [1.807, 2.05) is 0 Å². The van der Waals surface area contributed by atoms with Gasteiger partial charge in [-0.1, -0.05) is 127 Å². The molecule has 0 radical (unpaired) electrons. The van der Waals surface area contributed by atoms with Gasteiger partial charge in [-0.3, -0.25) is 0 Å². The van der Waals surface area contributed by atoms with Crippen LogP contribution in [0.25, 0.3) is 0 Å². The molecule has 9 rings (SSSR count).